The van der Waals surface area contributed by atoms with Crippen molar-refractivity contribution in [1.82, 2.24) is 10.2 Å². The summed E-state index contributed by atoms with van der Waals surface area (Å²) in [5.41, 5.74) is -1.56. The number of aliphatic hydroxyl groups excluding tert-OH is 1. The maximum Gasteiger partial charge on any atom is 0.312 e. The Bertz CT molecular complexity index is 781. The minimum atomic E-state index is -1.07. The van der Waals surface area contributed by atoms with Crippen molar-refractivity contribution in [2.24, 2.45) is 17.3 Å². The molecule has 2 amide bonds. The number of nitrogens with one attached hydrogen (secondary N) is 1. The highest BCUT2D eigenvalue weighted by atomic mass is 79.9. The predicted octanol–water partition coefficient (Wildman–Crippen LogP) is 2.40. The van der Waals surface area contributed by atoms with Gasteiger partial charge in [0.1, 0.15) is 11.6 Å². The number of hydrogen-bond donors (Lipinski definition) is 2. The molecule has 3 aliphatic rings. The monoisotopic (exact) mass is 530 g/mol. The van der Waals surface area contributed by atoms with E-state index in [0.29, 0.717) is 25.8 Å². The molecule has 0 aliphatic carbocycles. The first-order valence-electron chi connectivity index (χ1n) is 12.0. The van der Waals surface area contributed by atoms with Gasteiger partial charge in [-0.1, -0.05) is 36.7 Å². The van der Waals surface area contributed by atoms with E-state index < -0.39 is 41.1 Å². The van der Waals surface area contributed by atoms with Crippen molar-refractivity contribution in [3.05, 3.63) is 0 Å². The summed E-state index contributed by atoms with van der Waals surface area (Å²) in [4.78, 5) is 41.8. The van der Waals surface area contributed by atoms with E-state index in [1.165, 1.54) is 0 Å². The Labute approximate surface area is 205 Å². The molecule has 2 N–H and O–H groups in total. The molecule has 0 aromatic carbocycles. The van der Waals surface area contributed by atoms with Gasteiger partial charge in [-0.3, -0.25) is 14.4 Å². The number of aliphatic hydroxyl groups is 1. The molecular weight excluding hydrogens is 492 g/mol. The van der Waals surface area contributed by atoms with E-state index in [1.807, 2.05) is 13.8 Å². The molecule has 0 radical (unpaired) electrons. The number of fused-ring (bicyclic) bond motifs is 1. The molecule has 33 heavy (non-hydrogen) atoms. The average molecular weight is 531 g/mol. The molecule has 3 rings (SSSR count). The predicted molar refractivity (Wildman–Crippen MR) is 127 cm³/mol. The fourth-order valence-electron chi connectivity index (χ4n) is 6.34. The molecule has 2 bridgehead atoms. The number of halogens is 1. The lowest BCUT2D eigenvalue weighted by Gasteiger charge is -2.38. The average Bonchev–Trinajstić information content (AvgIpc) is 3.23. The topological polar surface area (TPSA) is 105 Å². The summed E-state index contributed by atoms with van der Waals surface area (Å²) in [5.74, 6) is -2.42. The largest absolute Gasteiger partial charge is 0.466 e. The molecule has 188 valence electrons. The number of hydrogen-bond acceptors (Lipinski definition) is 6. The van der Waals surface area contributed by atoms with Crippen LogP contribution in [-0.2, 0) is 23.9 Å². The van der Waals surface area contributed by atoms with Crippen LogP contribution < -0.4 is 5.32 Å². The Balaban J connectivity index is 1.96. The highest BCUT2D eigenvalue weighted by Crippen LogP contribution is 2.60. The highest BCUT2D eigenvalue weighted by Gasteiger charge is 2.76. The Kier molecular flexibility index (Phi) is 7.57. The molecular formula is C24H39BrN2O6. The highest BCUT2D eigenvalue weighted by molar-refractivity contribution is 9.09. The first-order valence-corrected chi connectivity index (χ1v) is 12.9. The Morgan fingerprint density at radius 1 is 1.27 bits per heavy atom. The summed E-state index contributed by atoms with van der Waals surface area (Å²) in [6.07, 6.45) is 1.81. The van der Waals surface area contributed by atoms with Crippen molar-refractivity contribution in [2.45, 2.75) is 95.3 Å². The van der Waals surface area contributed by atoms with Gasteiger partial charge in [-0.15, -0.1) is 0 Å². The maximum atomic E-state index is 13.8. The summed E-state index contributed by atoms with van der Waals surface area (Å²) in [5, 5.41) is 12.4. The number of amides is 2. The van der Waals surface area contributed by atoms with Crippen molar-refractivity contribution in [3.8, 4) is 0 Å². The summed E-state index contributed by atoms with van der Waals surface area (Å²) in [6, 6.07) is -0.836. The molecule has 3 unspecified atom stereocenters. The maximum absolute atomic E-state index is 13.8. The quantitative estimate of drug-likeness (QED) is 0.269. The zero-order chi connectivity index (χ0) is 24.8. The van der Waals surface area contributed by atoms with Crippen LogP contribution in [0.3, 0.4) is 0 Å². The number of likely N-dealkylation sites (tertiary alicyclic amines) is 1. The summed E-state index contributed by atoms with van der Waals surface area (Å²) in [7, 11) is 0. The second kappa shape index (κ2) is 9.46. The van der Waals surface area contributed by atoms with Gasteiger partial charge in [0.05, 0.1) is 24.5 Å². The van der Waals surface area contributed by atoms with Gasteiger partial charge in [-0.25, -0.2) is 0 Å². The summed E-state index contributed by atoms with van der Waals surface area (Å²) >= 11 is 3.64. The molecule has 1 spiro atoms. The molecule has 0 aromatic heterocycles. The fraction of sp³-hybridized carbons (Fsp3) is 0.875. The zero-order valence-corrected chi connectivity index (χ0v) is 22.2. The number of rotatable bonds is 9. The van der Waals surface area contributed by atoms with Crippen LogP contribution in [0.15, 0.2) is 0 Å². The number of carbonyl (C=O) groups is 3. The molecule has 0 aromatic rings. The van der Waals surface area contributed by atoms with E-state index in [-0.39, 0.29) is 35.3 Å². The third kappa shape index (κ3) is 4.96. The number of esters is 1. The van der Waals surface area contributed by atoms with Crippen LogP contribution in [0, 0.1) is 17.3 Å². The number of ether oxygens (including phenoxy) is 2. The molecule has 3 fully saturated rings. The van der Waals surface area contributed by atoms with Crippen LogP contribution in [-0.4, -0.2) is 75.7 Å². The lowest BCUT2D eigenvalue weighted by atomic mass is 9.70. The van der Waals surface area contributed by atoms with E-state index in [2.05, 4.69) is 42.0 Å². The van der Waals surface area contributed by atoms with E-state index in [0.717, 1.165) is 6.42 Å². The molecule has 6 atom stereocenters. The van der Waals surface area contributed by atoms with Gasteiger partial charge in [-0.2, -0.15) is 0 Å². The van der Waals surface area contributed by atoms with Gasteiger partial charge < -0.3 is 24.8 Å². The van der Waals surface area contributed by atoms with Gasteiger partial charge in [0.15, 0.2) is 0 Å². The van der Waals surface area contributed by atoms with Crippen LogP contribution >= 0.6 is 15.9 Å². The normalized spacial score (nSPS) is 33.4. The Morgan fingerprint density at radius 2 is 1.94 bits per heavy atom. The number of unbranched alkanes of at least 4 members (excludes halogenated alkanes) is 1. The minimum Gasteiger partial charge on any atom is -0.466 e. The second-order valence-corrected chi connectivity index (χ2v) is 12.7. The molecule has 3 aliphatic heterocycles. The third-order valence-corrected chi connectivity index (χ3v) is 7.68. The van der Waals surface area contributed by atoms with Crippen molar-refractivity contribution in [3.63, 3.8) is 0 Å². The minimum absolute atomic E-state index is 0.00216. The van der Waals surface area contributed by atoms with Crippen LogP contribution in [0.2, 0.25) is 0 Å². The van der Waals surface area contributed by atoms with Gasteiger partial charge in [0.25, 0.3) is 0 Å². The van der Waals surface area contributed by atoms with Crippen LogP contribution in [0.1, 0.15) is 67.2 Å². The van der Waals surface area contributed by atoms with Crippen LogP contribution in [0.25, 0.3) is 0 Å². The van der Waals surface area contributed by atoms with Crippen molar-refractivity contribution >= 4 is 33.7 Å². The molecule has 8 nitrogen and oxygen atoms in total. The lowest BCUT2D eigenvalue weighted by Crippen LogP contribution is -2.59. The lowest BCUT2D eigenvalue weighted by molar-refractivity contribution is -0.154. The van der Waals surface area contributed by atoms with E-state index in [1.54, 1.807) is 11.8 Å². The van der Waals surface area contributed by atoms with Gasteiger partial charge >= 0.3 is 5.97 Å². The van der Waals surface area contributed by atoms with Gasteiger partial charge in [-0.05, 0) is 51.9 Å². The smallest absolute Gasteiger partial charge is 0.312 e. The van der Waals surface area contributed by atoms with E-state index in [4.69, 9.17) is 9.47 Å². The summed E-state index contributed by atoms with van der Waals surface area (Å²) < 4.78 is 11.7. The van der Waals surface area contributed by atoms with Gasteiger partial charge in [0, 0.05) is 23.5 Å². The van der Waals surface area contributed by atoms with Crippen molar-refractivity contribution in [1.29, 1.82) is 0 Å². The molecule has 3 heterocycles. The standard InChI is InChI=1S/C24H39BrN2O6/c1-7-32-21(31)15-16-20(30)27(10-8-9-11-28)18(24(16)12-14(25)17(15)33-24)19(29)26-23(5,6)13-22(2,3)4/h14-18,28H,7-13H2,1-6H3,(H,26,29)/t14?,15-,16+,17-,18?,24?/m1/s1. The fourth-order valence-corrected chi connectivity index (χ4v) is 7.29. The molecule has 3 saturated heterocycles. The van der Waals surface area contributed by atoms with Gasteiger partial charge in [0.2, 0.25) is 11.8 Å². The second-order valence-electron chi connectivity index (χ2n) is 11.5. The number of nitrogens with zero attached hydrogens (tertiary/aromatic N) is 1. The molecule has 9 heteroatoms. The van der Waals surface area contributed by atoms with E-state index in [9.17, 15) is 19.5 Å². The first-order chi connectivity index (χ1) is 15.3. The van der Waals surface area contributed by atoms with Crippen molar-refractivity contribution in [2.75, 3.05) is 19.8 Å². The molecule has 0 saturated carbocycles. The first kappa shape index (κ1) is 26.4. The Morgan fingerprint density at radius 3 is 2.52 bits per heavy atom. The SMILES string of the molecule is CCOC(=O)[C@H]1[C@@H]2OC3(CC2Br)C(C(=O)NC(C)(C)CC(C)(C)C)N(CCCCO)C(=O)[C@H]13. The van der Waals surface area contributed by atoms with E-state index >= 15 is 0 Å². The van der Waals surface area contributed by atoms with Crippen molar-refractivity contribution < 1.29 is 29.0 Å². The number of carbonyl (C=O) groups excluding carboxylic acids is 3. The summed E-state index contributed by atoms with van der Waals surface area (Å²) in [6.45, 7) is 12.6. The zero-order valence-electron chi connectivity index (χ0n) is 20.7. The van der Waals surface area contributed by atoms with Crippen LogP contribution in [0.4, 0.5) is 0 Å². The Hall–Kier alpha value is -1.19. The number of alkyl halides is 1. The van der Waals surface area contributed by atoms with Crippen LogP contribution in [0.5, 0.6) is 0 Å². The third-order valence-electron chi connectivity index (χ3n) is 6.84.